The highest BCUT2D eigenvalue weighted by Gasteiger charge is 2.20. The molecular formula is C25H23BrN4. The van der Waals surface area contributed by atoms with Gasteiger partial charge in [0.2, 0.25) is 0 Å². The van der Waals surface area contributed by atoms with Crippen LogP contribution < -0.4 is 5.32 Å². The summed E-state index contributed by atoms with van der Waals surface area (Å²) < 4.78 is 3.09. The molecule has 1 aromatic carbocycles. The predicted molar refractivity (Wildman–Crippen MR) is 127 cm³/mol. The van der Waals surface area contributed by atoms with Crippen LogP contribution in [0.15, 0.2) is 65.4 Å². The molecule has 3 heterocycles. The number of anilines is 1. The zero-order valence-corrected chi connectivity index (χ0v) is 19.1. The molecule has 30 heavy (non-hydrogen) atoms. The average molecular weight is 459 g/mol. The molecule has 0 saturated heterocycles. The van der Waals surface area contributed by atoms with Crippen LogP contribution in [-0.2, 0) is 0 Å². The third kappa shape index (κ3) is 4.39. The summed E-state index contributed by atoms with van der Waals surface area (Å²) >= 11 is 3.67. The van der Waals surface area contributed by atoms with Crippen molar-refractivity contribution in [3.05, 3.63) is 82.2 Å². The van der Waals surface area contributed by atoms with Crippen LogP contribution in [0.2, 0.25) is 0 Å². The van der Waals surface area contributed by atoms with Crippen LogP contribution in [0.5, 0.6) is 0 Å². The van der Waals surface area contributed by atoms with E-state index in [-0.39, 0.29) is 5.54 Å². The molecular weight excluding hydrogens is 436 g/mol. The third-order valence-electron chi connectivity index (χ3n) is 4.44. The second-order valence-corrected chi connectivity index (χ2v) is 9.14. The highest BCUT2D eigenvalue weighted by atomic mass is 79.9. The topological polar surface area (TPSA) is 42.2 Å². The molecule has 0 saturated carbocycles. The van der Waals surface area contributed by atoms with E-state index in [0.717, 1.165) is 44.0 Å². The molecule has 5 heteroatoms. The molecule has 0 aliphatic carbocycles. The number of pyridine rings is 2. The molecule has 0 spiro atoms. The fraction of sp³-hybridized carbons (Fsp3) is 0.200. The van der Waals surface area contributed by atoms with Crippen molar-refractivity contribution in [3.8, 4) is 23.1 Å². The van der Waals surface area contributed by atoms with Gasteiger partial charge < -0.3 is 5.32 Å². The van der Waals surface area contributed by atoms with E-state index in [9.17, 15) is 0 Å². The minimum atomic E-state index is -0.114. The van der Waals surface area contributed by atoms with Crippen molar-refractivity contribution in [2.75, 3.05) is 5.32 Å². The van der Waals surface area contributed by atoms with Gasteiger partial charge in [-0.25, -0.2) is 9.97 Å². The smallest absolute Gasteiger partial charge is 0.153 e. The van der Waals surface area contributed by atoms with E-state index in [1.165, 1.54) is 0 Å². The van der Waals surface area contributed by atoms with E-state index >= 15 is 0 Å². The number of nitrogens with one attached hydrogen (secondary N) is 1. The van der Waals surface area contributed by atoms with Gasteiger partial charge in [-0.1, -0.05) is 24.1 Å². The summed E-state index contributed by atoms with van der Waals surface area (Å²) in [5, 5.41) is 3.64. The number of hydrogen-bond acceptors (Lipinski definition) is 3. The maximum Gasteiger partial charge on any atom is 0.153 e. The standard InChI is InChI=1S/C25H23BrN4/c1-17-14-21(26)23-28-22(24(30(23)16-17)29-25(2,3)4)19-9-7-8-18(15-19)11-12-20-10-5-6-13-27-20/h5-10,13-16,29H,1-4H3. The quantitative estimate of drug-likeness (QED) is 0.370. The normalized spacial score (nSPS) is 11.2. The molecule has 0 unspecified atom stereocenters. The zero-order chi connectivity index (χ0) is 21.3. The number of rotatable bonds is 2. The Kier molecular flexibility index (Phi) is 5.36. The minimum absolute atomic E-state index is 0.114. The molecule has 0 aliphatic heterocycles. The molecule has 0 bridgehead atoms. The Bertz CT molecular complexity index is 1270. The van der Waals surface area contributed by atoms with Gasteiger partial charge in [-0.15, -0.1) is 0 Å². The van der Waals surface area contributed by atoms with E-state index in [1.807, 2.05) is 30.3 Å². The minimum Gasteiger partial charge on any atom is -0.365 e. The summed E-state index contributed by atoms with van der Waals surface area (Å²) in [5.41, 5.74) is 5.52. The van der Waals surface area contributed by atoms with Gasteiger partial charge in [0.05, 0.1) is 4.47 Å². The number of aromatic nitrogens is 3. The van der Waals surface area contributed by atoms with E-state index in [4.69, 9.17) is 4.98 Å². The van der Waals surface area contributed by atoms with E-state index in [0.29, 0.717) is 0 Å². The van der Waals surface area contributed by atoms with Gasteiger partial charge in [-0.3, -0.25) is 4.40 Å². The lowest BCUT2D eigenvalue weighted by Gasteiger charge is -2.22. The van der Waals surface area contributed by atoms with Crippen molar-refractivity contribution in [1.29, 1.82) is 0 Å². The highest BCUT2D eigenvalue weighted by molar-refractivity contribution is 9.10. The molecule has 4 rings (SSSR count). The molecule has 4 nitrogen and oxygen atoms in total. The summed E-state index contributed by atoms with van der Waals surface area (Å²) in [5.74, 6) is 7.31. The van der Waals surface area contributed by atoms with Crippen LogP contribution >= 0.6 is 15.9 Å². The Morgan fingerprint density at radius 1 is 1.03 bits per heavy atom. The fourth-order valence-corrected chi connectivity index (χ4v) is 3.87. The predicted octanol–water partition coefficient (Wildman–Crippen LogP) is 6.08. The van der Waals surface area contributed by atoms with Crippen LogP contribution in [0.25, 0.3) is 16.9 Å². The van der Waals surface area contributed by atoms with Gasteiger partial charge in [-0.2, -0.15) is 0 Å². The maximum absolute atomic E-state index is 4.96. The first kappa shape index (κ1) is 20.2. The first-order valence-corrected chi connectivity index (χ1v) is 10.6. The second-order valence-electron chi connectivity index (χ2n) is 8.29. The van der Waals surface area contributed by atoms with Crippen LogP contribution in [0.4, 0.5) is 5.82 Å². The molecule has 0 amide bonds. The Labute approximate surface area is 185 Å². The molecule has 0 atom stereocenters. The number of aryl methyl sites for hydroxylation is 1. The summed E-state index contributed by atoms with van der Waals surface area (Å²) in [6.45, 7) is 8.53. The van der Waals surface area contributed by atoms with Gasteiger partial charge >= 0.3 is 0 Å². The molecule has 0 aliphatic rings. The maximum atomic E-state index is 4.96. The average Bonchev–Trinajstić information content (AvgIpc) is 3.04. The monoisotopic (exact) mass is 458 g/mol. The Hall–Kier alpha value is -3.10. The Morgan fingerprint density at radius 3 is 2.60 bits per heavy atom. The first-order chi connectivity index (χ1) is 14.3. The highest BCUT2D eigenvalue weighted by Crippen LogP contribution is 2.34. The van der Waals surface area contributed by atoms with E-state index in [1.54, 1.807) is 6.20 Å². The molecule has 1 N–H and O–H groups in total. The van der Waals surface area contributed by atoms with Gasteiger partial charge in [0.25, 0.3) is 0 Å². The van der Waals surface area contributed by atoms with Crippen molar-refractivity contribution >= 4 is 27.4 Å². The van der Waals surface area contributed by atoms with Crippen LogP contribution in [0.1, 0.15) is 37.6 Å². The van der Waals surface area contributed by atoms with Crippen LogP contribution in [-0.4, -0.2) is 19.9 Å². The molecule has 3 aromatic heterocycles. The molecule has 0 radical (unpaired) electrons. The number of hydrogen-bond donors (Lipinski definition) is 1. The number of halogens is 1. The van der Waals surface area contributed by atoms with Crippen LogP contribution in [0.3, 0.4) is 0 Å². The lowest BCUT2D eigenvalue weighted by atomic mass is 10.1. The largest absolute Gasteiger partial charge is 0.365 e. The van der Waals surface area contributed by atoms with Crippen molar-refractivity contribution in [3.63, 3.8) is 0 Å². The molecule has 0 fully saturated rings. The van der Waals surface area contributed by atoms with Crippen molar-refractivity contribution in [2.45, 2.75) is 33.2 Å². The Balaban J connectivity index is 1.84. The summed E-state index contributed by atoms with van der Waals surface area (Å²) in [6, 6.07) is 16.0. The number of nitrogens with zero attached hydrogens (tertiary/aromatic N) is 3. The van der Waals surface area contributed by atoms with Gasteiger partial charge in [-0.05, 0) is 85.4 Å². The first-order valence-electron chi connectivity index (χ1n) is 9.80. The number of imidazole rings is 1. The molecule has 4 aromatic rings. The molecule has 150 valence electrons. The fourth-order valence-electron chi connectivity index (χ4n) is 3.23. The van der Waals surface area contributed by atoms with E-state index in [2.05, 4.69) is 94.6 Å². The lowest BCUT2D eigenvalue weighted by Crippen LogP contribution is -2.27. The van der Waals surface area contributed by atoms with Gasteiger partial charge in [0.1, 0.15) is 17.2 Å². The SMILES string of the molecule is Cc1cc(Br)c2nc(-c3cccc(C#Cc4ccccn4)c3)c(NC(C)(C)C)n2c1. The summed E-state index contributed by atoms with van der Waals surface area (Å²) in [6.07, 6.45) is 3.86. The van der Waals surface area contributed by atoms with E-state index < -0.39 is 0 Å². The third-order valence-corrected chi connectivity index (χ3v) is 5.02. The van der Waals surface area contributed by atoms with Crippen LogP contribution in [0, 0.1) is 18.8 Å². The lowest BCUT2D eigenvalue weighted by molar-refractivity contribution is 0.629. The number of benzene rings is 1. The summed E-state index contributed by atoms with van der Waals surface area (Å²) in [7, 11) is 0. The van der Waals surface area contributed by atoms with Crippen molar-refractivity contribution < 1.29 is 0 Å². The van der Waals surface area contributed by atoms with Gasteiger partial charge in [0, 0.05) is 29.1 Å². The summed E-state index contributed by atoms with van der Waals surface area (Å²) in [4.78, 5) is 9.23. The van der Waals surface area contributed by atoms with Crippen molar-refractivity contribution in [2.24, 2.45) is 0 Å². The zero-order valence-electron chi connectivity index (χ0n) is 17.5. The second kappa shape index (κ2) is 7.97. The van der Waals surface area contributed by atoms with Crippen molar-refractivity contribution in [1.82, 2.24) is 14.4 Å². The van der Waals surface area contributed by atoms with Gasteiger partial charge in [0.15, 0.2) is 5.65 Å². The Morgan fingerprint density at radius 2 is 1.87 bits per heavy atom. The number of fused-ring (bicyclic) bond motifs is 1.